The summed E-state index contributed by atoms with van der Waals surface area (Å²) in [5.74, 6) is -0.975. The van der Waals surface area contributed by atoms with Crippen molar-refractivity contribution in [1.29, 1.82) is 0 Å². The Morgan fingerprint density at radius 2 is 1.18 bits per heavy atom. The van der Waals surface area contributed by atoms with Crippen molar-refractivity contribution in [2.24, 2.45) is 25.6 Å². The number of carbonyl (C=O) groups excluding carboxylic acids is 1. The van der Waals surface area contributed by atoms with Crippen LogP contribution in [-0.4, -0.2) is 37.4 Å². The van der Waals surface area contributed by atoms with Crippen LogP contribution < -0.4 is 87.5 Å². The van der Waals surface area contributed by atoms with Gasteiger partial charge in [-0.3, -0.25) is 10.2 Å². The summed E-state index contributed by atoms with van der Waals surface area (Å²) in [5, 5.41) is 19.6. The molecule has 0 bridgehead atoms. The van der Waals surface area contributed by atoms with Gasteiger partial charge >= 0.3 is 59.1 Å². The van der Waals surface area contributed by atoms with Crippen LogP contribution in [0.25, 0.3) is 6.08 Å². The number of benzene rings is 4. The first kappa shape index (κ1) is 39.4. The minimum Gasteiger partial charge on any atom is -0.744 e. The van der Waals surface area contributed by atoms with Gasteiger partial charge in [0.2, 0.25) is 5.78 Å². The largest absolute Gasteiger partial charge is 1.00 e. The number of nitrogens with zero attached hydrogens (tertiary/aromatic N) is 5. The van der Waals surface area contributed by atoms with Gasteiger partial charge in [0.05, 0.1) is 32.6 Å². The second kappa shape index (κ2) is 15.7. The Hall–Kier alpha value is -4.02. The summed E-state index contributed by atoms with van der Waals surface area (Å²) in [4.78, 5) is 11.7. The molecule has 0 amide bonds. The van der Waals surface area contributed by atoms with E-state index < -0.39 is 41.5 Å². The minimum absolute atomic E-state index is 0. The molecule has 1 aliphatic rings. The van der Waals surface area contributed by atoms with E-state index in [0.717, 1.165) is 18.2 Å². The van der Waals surface area contributed by atoms with Gasteiger partial charge in [0.15, 0.2) is 0 Å². The van der Waals surface area contributed by atoms with Crippen molar-refractivity contribution >= 4 is 89.0 Å². The molecule has 0 unspecified atom stereocenters. The normalized spacial score (nSPS) is 13.9. The Labute approximate surface area is 323 Å². The number of hydrogen-bond acceptors (Lipinski definition) is 17. The molecule has 17 nitrogen and oxygen atoms in total. The monoisotopic (exact) mass is 720 g/mol. The molecule has 0 aliphatic heterocycles. The predicted octanol–water partition coefficient (Wildman–Crippen LogP) is -1.69. The molecule has 0 fully saturated rings. The van der Waals surface area contributed by atoms with Crippen LogP contribution in [0.3, 0.4) is 0 Å². The minimum atomic E-state index is -5.24. The van der Waals surface area contributed by atoms with Gasteiger partial charge < -0.3 is 32.0 Å². The third-order valence-corrected chi connectivity index (χ3v) is 8.17. The van der Waals surface area contributed by atoms with Gasteiger partial charge in [0.1, 0.15) is 43.0 Å². The second-order valence-corrected chi connectivity index (χ2v) is 12.5. The number of ketones is 1. The van der Waals surface area contributed by atoms with Gasteiger partial charge in [0.25, 0.3) is 0 Å². The Kier molecular flexibility index (Phi) is 12.6. The van der Waals surface area contributed by atoms with Crippen molar-refractivity contribution in [2.75, 3.05) is 28.4 Å². The van der Waals surface area contributed by atoms with Gasteiger partial charge in [-0.1, -0.05) is 6.07 Å². The fraction of sp³-hybridized carbons (Fsp3) is 0. The van der Waals surface area contributed by atoms with Crippen LogP contribution in [0.1, 0.15) is 15.9 Å². The van der Waals surface area contributed by atoms with Crippen molar-refractivity contribution in [3.63, 3.8) is 0 Å². The number of rotatable bonds is 8. The van der Waals surface area contributed by atoms with Crippen molar-refractivity contribution in [3.8, 4) is 0 Å². The van der Waals surface area contributed by atoms with E-state index in [9.17, 15) is 30.7 Å². The molecule has 9 N–H and O–H groups in total. The molecule has 49 heavy (non-hydrogen) atoms. The number of nitrogen functional groups attached to an aromatic ring is 4. The number of anilines is 5. The zero-order valence-electron chi connectivity index (χ0n) is 25.7. The van der Waals surface area contributed by atoms with E-state index in [-0.39, 0.29) is 104 Å². The van der Waals surface area contributed by atoms with Gasteiger partial charge in [-0.15, -0.1) is 15.3 Å². The maximum Gasteiger partial charge on any atom is 1.00 e. The van der Waals surface area contributed by atoms with Crippen LogP contribution >= 0.6 is 0 Å². The summed E-state index contributed by atoms with van der Waals surface area (Å²) >= 11 is 0. The molecule has 0 saturated carbocycles. The van der Waals surface area contributed by atoms with E-state index in [0.29, 0.717) is 17.1 Å². The number of hydrazone groups is 1. The van der Waals surface area contributed by atoms with Gasteiger partial charge in [-0.05, 0) is 78.4 Å². The molecule has 0 radical (unpaired) electrons. The number of fused-ring (bicyclic) bond motifs is 1. The van der Waals surface area contributed by atoms with E-state index in [1.807, 2.05) is 0 Å². The zero-order valence-corrected chi connectivity index (χ0v) is 31.4. The first-order chi connectivity index (χ1) is 22.1. The molecule has 0 aromatic heterocycles. The van der Waals surface area contributed by atoms with Crippen molar-refractivity contribution in [1.82, 2.24) is 0 Å². The van der Waals surface area contributed by atoms with Gasteiger partial charge in [0, 0.05) is 16.9 Å². The Morgan fingerprint density at radius 3 is 1.73 bits per heavy atom. The topological polar surface area (TPSA) is 309 Å². The van der Waals surface area contributed by atoms with Gasteiger partial charge in [-0.2, -0.15) is 10.2 Å². The molecule has 0 atom stereocenters. The summed E-state index contributed by atoms with van der Waals surface area (Å²) in [7, 11) is -10.4. The van der Waals surface area contributed by atoms with E-state index in [1.165, 1.54) is 54.6 Å². The van der Waals surface area contributed by atoms with Crippen LogP contribution in [0.2, 0.25) is 0 Å². The Balaban J connectivity index is 0.00000325. The zero-order chi connectivity index (χ0) is 34.1. The summed E-state index contributed by atoms with van der Waals surface area (Å²) < 4.78 is 72.5. The number of allylic oxidation sites excluding steroid dienone is 1. The van der Waals surface area contributed by atoms with E-state index in [2.05, 4.69) is 31.0 Å². The van der Waals surface area contributed by atoms with Crippen molar-refractivity contribution in [2.45, 2.75) is 4.90 Å². The smallest absolute Gasteiger partial charge is 0.744 e. The van der Waals surface area contributed by atoms with Gasteiger partial charge in [-0.25, -0.2) is 16.8 Å². The molecule has 0 saturated heterocycles. The predicted molar refractivity (Wildman–Crippen MR) is 173 cm³/mol. The number of hydrogen-bond donors (Lipinski definition) is 5. The number of azo groups is 2. The molecule has 5 rings (SSSR count). The van der Waals surface area contributed by atoms with Crippen molar-refractivity contribution in [3.05, 3.63) is 88.8 Å². The summed E-state index contributed by atoms with van der Waals surface area (Å²) in [6, 6.07) is 16.2. The van der Waals surface area contributed by atoms with E-state index >= 15 is 0 Å². The Morgan fingerprint density at radius 1 is 0.633 bits per heavy atom. The molecule has 240 valence electrons. The third-order valence-electron chi connectivity index (χ3n) is 6.45. The number of nitrogens with one attached hydrogen (secondary N) is 1. The standard InChI is InChI=1S/C28H24N10O7S2.2Na/c29-15-2-6-22(20(31)10-15)35-33-17-4-1-14-9-26(47(43,44)45)27(28(39)19(14)12-17)38-34-18-5-8-24(25(13-18)46(40,41)42)37-36-23-7-3-16(30)11-21(23)32;;/h1-13,34H,29-32H2,(H,40,41,42)(H,43,44,45);;/q;2*+1/p-2/b35-33?,37-36?,38-27+;;. The molecule has 21 heteroatoms. The number of nitrogens with two attached hydrogens (primary N) is 4. The summed E-state index contributed by atoms with van der Waals surface area (Å²) in [6.45, 7) is 0. The summed E-state index contributed by atoms with van der Waals surface area (Å²) in [6.07, 6.45) is 0.957. The molecular formula is C28H22N10Na2O7S2. The third kappa shape index (κ3) is 9.36. The maximum absolute atomic E-state index is 13.4. The van der Waals surface area contributed by atoms with E-state index in [4.69, 9.17) is 22.9 Å². The van der Waals surface area contributed by atoms with Crippen molar-refractivity contribution < 1.29 is 89.9 Å². The van der Waals surface area contributed by atoms with Crippen LogP contribution in [0.5, 0.6) is 0 Å². The Bertz CT molecular complexity index is 2310. The first-order valence-electron chi connectivity index (χ1n) is 13.0. The van der Waals surface area contributed by atoms with Crippen LogP contribution in [0.15, 0.2) is 108 Å². The maximum atomic E-state index is 13.4. The molecular weight excluding hydrogens is 698 g/mol. The van der Waals surface area contributed by atoms with Crippen LogP contribution in [0.4, 0.5) is 51.2 Å². The fourth-order valence-corrected chi connectivity index (χ4v) is 5.49. The molecule has 1 aliphatic carbocycles. The first-order valence-corrected chi connectivity index (χ1v) is 15.9. The molecule has 4 aromatic rings. The molecule has 4 aromatic carbocycles. The number of Topliss-reactive ketones (excluding diaryl/α,β-unsaturated/α-hetero) is 1. The van der Waals surface area contributed by atoms with Crippen LogP contribution in [-0.2, 0) is 20.2 Å². The molecule has 0 heterocycles. The van der Waals surface area contributed by atoms with Crippen LogP contribution in [0, 0.1) is 0 Å². The fourth-order valence-electron chi connectivity index (χ4n) is 4.21. The van der Waals surface area contributed by atoms with E-state index in [1.54, 1.807) is 6.07 Å². The quantitative estimate of drug-likeness (QED) is 0.0448. The SMILES string of the molecule is Nc1ccc(N=Nc2ccc3c(c2)C(=O)/C(=N/Nc2ccc(N=Nc4ccc(N)cc4N)c(S(=O)(=O)[O-])c2)C(S(=O)(=O)[O-])=C3)c(N)c1.[Na+].[Na+]. The second-order valence-electron chi connectivity index (χ2n) is 9.81. The molecule has 0 spiro atoms. The summed E-state index contributed by atoms with van der Waals surface area (Å²) in [5.41, 5.74) is 25.9. The average molecular weight is 721 g/mol. The average Bonchev–Trinajstić information content (AvgIpc) is 2.99. The number of carbonyl (C=O) groups is 1.